The topological polar surface area (TPSA) is 87.2 Å². The van der Waals surface area contributed by atoms with E-state index in [1.54, 1.807) is 16.8 Å². The highest BCUT2D eigenvalue weighted by molar-refractivity contribution is 7.99. The molecule has 1 fully saturated rings. The van der Waals surface area contributed by atoms with E-state index >= 15 is 0 Å². The van der Waals surface area contributed by atoms with Crippen molar-refractivity contribution in [3.8, 4) is 0 Å². The maximum atomic E-state index is 14.6. The number of sulfone groups is 1. The molecule has 1 aromatic heterocycles. The number of fused-ring (bicyclic) bond motifs is 1. The van der Waals surface area contributed by atoms with Crippen molar-refractivity contribution in [2.75, 3.05) is 24.4 Å². The number of thioether (sulfide) groups is 1. The molecule has 4 rings (SSSR count). The molecule has 3 heterocycles. The summed E-state index contributed by atoms with van der Waals surface area (Å²) in [6, 6.07) is 3.89. The second kappa shape index (κ2) is 7.34. The van der Waals surface area contributed by atoms with Crippen molar-refractivity contribution in [3.05, 3.63) is 35.9 Å². The van der Waals surface area contributed by atoms with E-state index in [-0.39, 0.29) is 10.6 Å². The molecule has 7 nitrogen and oxygen atoms in total. The molecule has 27 heavy (non-hydrogen) atoms. The van der Waals surface area contributed by atoms with Crippen LogP contribution in [-0.2, 0) is 16.4 Å². The molecule has 0 spiro atoms. The van der Waals surface area contributed by atoms with Crippen molar-refractivity contribution < 1.29 is 12.8 Å². The van der Waals surface area contributed by atoms with Gasteiger partial charge in [-0.2, -0.15) is 0 Å². The van der Waals surface area contributed by atoms with E-state index in [9.17, 15) is 12.8 Å². The number of anilines is 2. The fourth-order valence-corrected chi connectivity index (χ4v) is 5.07. The van der Waals surface area contributed by atoms with Crippen LogP contribution in [0.15, 0.2) is 34.4 Å². The third-order valence-corrected chi connectivity index (χ3v) is 7.15. The van der Waals surface area contributed by atoms with Crippen LogP contribution in [0, 0.1) is 5.82 Å². The van der Waals surface area contributed by atoms with E-state index in [2.05, 4.69) is 20.7 Å². The van der Waals surface area contributed by atoms with Crippen LogP contribution in [0.3, 0.4) is 0 Å². The Morgan fingerprint density at radius 2 is 2.04 bits per heavy atom. The minimum Gasteiger partial charge on any atom is -0.317 e. The average Bonchev–Trinajstić information content (AvgIpc) is 3.07. The summed E-state index contributed by atoms with van der Waals surface area (Å²) in [5, 5.41) is 6.33. The van der Waals surface area contributed by atoms with Crippen molar-refractivity contribution in [3.63, 3.8) is 0 Å². The largest absolute Gasteiger partial charge is 0.317 e. The van der Waals surface area contributed by atoms with E-state index in [1.165, 1.54) is 18.5 Å². The molecule has 0 saturated carbocycles. The van der Waals surface area contributed by atoms with Crippen LogP contribution < -0.4 is 15.8 Å². The number of halogens is 1. The molecule has 2 aliphatic heterocycles. The number of nitrogens with zero attached hydrogens (tertiary/aromatic N) is 3. The molecule has 0 bridgehead atoms. The zero-order chi connectivity index (χ0) is 19.0. The average molecular weight is 410 g/mol. The van der Waals surface area contributed by atoms with E-state index in [0.29, 0.717) is 17.6 Å². The first-order chi connectivity index (χ1) is 12.9. The first kappa shape index (κ1) is 18.6. The van der Waals surface area contributed by atoms with Gasteiger partial charge >= 0.3 is 0 Å². The van der Waals surface area contributed by atoms with Crippen LogP contribution in [0.1, 0.15) is 18.4 Å². The van der Waals surface area contributed by atoms with Gasteiger partial charge in [0, 0.05) is 23.6 Å². The normalized spacial score (nSPS) is 17.9. The summed E-state index contributed by atoms with van der Waals surface area (Å²) in [6.45, 7) is 2.51. The van der Waals surface area contributed by atoms with Gasteiger partial charge in [-0.15, -0.1) is 11.8 Å². The van der Waals surface area contributed by atoms with Crippen molar-refractivity contribution in [2.45, 2.75) is 34.6 Å². The molecule has 1 aromatic carbocycles. The molecule has 0 aliphatic carbocycles. The van der Waals surface area contributed by atoms with Crippen LogP contribution in [-0.4, -0.2) is 43.0 Å². The molecule has 0 atom stereocenters. The summed E-state index contributed by atoms with van der Waals surface area (Å²) in [7, 11) is -3.46. The first-order valence-corrected chi connectivity index (χ1v) is 11.4. The second-order valence-corrected chi connectivity index (χ2v) is 9.91. The summed E-state index contributed by atoms with van der Waals surface area (Å²) >= 11 is 1.75. The van der Waals surface area contributed by atoms with Crippen LogP contribution in [0.4, 0.5) is 15.9 Å². The number of rotatable bonds is 4. The Bertz CT molecular complexity index is 964. The number of hydrazine groups is 1. The highest BCUT2D eigenvalue weighted by atomic mass is 32.2. The Kier molecular flexibility index (Phi) is 5.06. The molecule has 144 valence electrons. The van der Waals surface area contributed by atoms with Gasteiger partial charge in [0.1, 0.15) is 17.2 Å². The van der Waals surface area contributed by atoms with Gasteiger partial charge in [-0.05, 0) is 44.1 Å². The molecular weight excluding hydrogens is 389 g/mol. The molecule has 0 unspecified atom stereocenters. The summed E-state index contributed by atoms with van der Waals surface area (Å²) in [5.41, 5.74) is 4.30. The molecule has 2 aromatic rings. The monoisotopic (exact) mass is 409 g/mol. The predicted molar refractivity (Wildman–Crippen MR) is 102 cm³/mol. The smallest absolute Gasteiger partial charge is 0.175 e. The Hall–Kier alpha value is -1.75. The highest BCUT2D eigenvalue weighted by Gasteiger charge is 2.29. The van der Waals surface area contributed by atoms with Gasteiger partial charge in [0.25, 0.3) is 0 Å². The maximum Gasteiger partial charge on any atom is 0.175 e. The Balaban J connectivity index is 1.63. The molecular formula is C17H20FN5O2S2. The van der Waals surface area contributed by atoms with Gasteiger partial charge in [0.2, 0.25) is 0 Å². The van der Waals surface area contributed by atoms with Crippen LogP contribution in [0.2, 0.25) is 0 Å². The van der Waals surface area contributed by atoms with E-state index in [4.69, 9.17) is 0 Å². The van der Waals surface area contributed by atoms with Crippen LogP contribution in [0.5, 0.6) is 0 Å². The lowest BCUT2D eigenvalue weighted by atomic mass is 10.2. The minimum atomic E-state index is -3.46. The van der Waals surface area contributed by atoms with Gasteiger partial charge in [0.15, 0.2) is 15.7 Å². The lowest BCUT2D eigenvalue weighted by molar-refractivity contribution is 0.531. The van der Waals surface area contributed by atoms with Crippen molar-refractivity contribution in [2.24, 2.45) is 0 Å². The number of hydrogen-bond donors (Lipinski definition) is 2. The van der Waals surface area contributed by atoms with Crippen molar-refractivity contribution in [1.82, 2.24) is 20.7 Å². The lowest BCUT2D eigenvalue weighted by Crippen LogP contribution is -2.29. The molecule has 2 N–H and O–H groups in total. The number of aromatic nitrogens is 2. The molecule has 10 heteroatoms. The zero-order valence-corrected chi connectivity index (χ0v) is 16.4. The van der Waals surface area contributed by atoms with Crippen molar-refractivity contribution in [1.29, 1.82) is 0 Å². The van der Waals surface area contributed by atoms with Crippen molar-refractivity contribution >= 4 is 33.1 Å². The quantitative estimate of drug-likeness (QED) is 0.742. The molecule has 0 radical (unpaired) electrons. The second-order valence-electron chi connectivity index (χ2n) is 6.60. The summed E-state index contributed by atoms with van der Waals surface area (Å²) in [4.78, 5) is 8.71. The maximum absolute atomic E-state index is 14.6. The predicted octanol–water partition coefficient (Wildman–Crippen LogP) is 2.02. The molecule has 0 amide bonds. The Labute approximate surface area is 161 Å². The minimum absolute atomic E-state index is 0.0481. The Morgan fingerprint density at radius 3 is 2.74 bits per heavy atom. The summed E-state index contributed by atoms with van der Waals surface area (Å²) in [6.07, 6.45) is 4.72. The van der Waals surface area contributed by atoms with Gasteiger partial charge in [0.05, 0.1) is 10.6 Å². The number of nitrogens with one attached hydrogen (secondary N) is 2. The SMILES string of the molecule is CS(=O)(=O)c1ccc(N2NCc3c(SC4CCNCC4)ncnc32)c(F)c1. The van der Waals surface area contributed by atoms with Gasteiger partial charge in [-0.25, -0.2) is 28.2 Å². The van der Waals surface area contributed by atoms with Gasteiger partial charge in [-0.1, -0.05) is 0 Å². The standard InChI is InChI=1S/C17H20FN5O2S2/c1-27(24,25)12-2-3-15(14(18)8-12)23-16-13(9-22-23)17(21-10-20-16)26-11-4-6-19-7-5-11/h2-3,8,10-11,19,22H,4-7,9H2,1H3. The zero-order valence-electron chi connectivity index (χ0n) is 14.8. The highest BCUT2D eigenvalue weighted by Crippen LogP contribution is 2.38. The lowest BCUT2D eigenvalue weighted by Gasteiger charge is -2.22. The van der Waals surface area contributed by atoms with E-state index in [1.807, 2.05) is 0 Å². The first-order valence-electron chi connectivity index (χ1n) is 8.68. The third kappa shape index (κ3) is 3.79. The van der Waals surface area contributed by atoms with E-state index < -0.39 is 15.7 Å². The van der Waals surface area contributed by atoms with Crippen LogP contribution in [0.25, 0.3) is 0 Å². The third-order valence-electron chi connectivity index (χ3n) is 4.66. The van der Waals surface area contributed by atoms with Gasteiger partial charge < -0.3 is 5.32 Å². The number of hydrogen-bond acceptors (Lipinski definition) is 8. The van der Waals surface area contributed by atoms with E-state index in [0.717, 1.165) is 48.8 Å². The number of benzene rings is 1. The molecule has 2 aliphatic rings. The Morgan fingerprint density at radius 1 is 1.26 bits per heavy atom. The molecule has 1 saturated heterocycles. The van der Waals surface area contributed by atoms with Gasteiger partial charge in [-0.3, -0.25) is 5.01 Å². The fourth-order valence-electron chi connectivity index (χ4n) is 3.24. The number of piperidine rings is 1. The summed E-state index contributed by atoms with van der Waals surface area (Å²) in [5.74, 6) is -0.0168. The summed E-state index contributed by atoms with van der Waals surface area (Å²) < 4.78 is 37.9. The van der Waals surface area contributed by atoms with Crippen LogP contribution >= 0.6 is 11.8 Å². The fraction of sp³-hybridized carbons (Fsp3) is 0.412.